The summed E-state index contributed by atoms with van der Waals surface area (Å²) in [5, 5.41) is 6.68. The maximum absolute atomic E-state index is 12.0. The van der Waals surface area contributed by atoms with Crippen molar-refractivity contribution in [2.24, 2.45) is 0 Å². The third-order valence-corrected chi connectivity index (χ3v) is 3.90. The third-order valence-electron chi connectivity index (χ3n) is 3.67. The zero-order valence-corrected chi connectivity index (χ0v) is 14.8. The number of nitrogens with one attached hydrogen (secondary N) is 2. The number of carbonyl (C=O) groups excluding carboxylic acids is 1. The fourth-order valence-electron chi connectivity index (χ4n) is 2.23. The molecule has 122 valence electrons. The predicted molar refractivity (Wildman–Crippen MR) is 98.5 cm³/mol. The first-order valence-electron chi connectivity index (χ1n) is 7.66. The van der Waals surface area contributed by atoms with Gasteiger partial charge in [0.05, 0.1) is 6.54 Å². The normalized spacial score (nSPS) is 11.2. The van der Waals surface area contributed by atoms with E-state index in [1.165, 1.54) is 5.56 Å². The Morgan fingerprint density at radius 3 is 2.30 bits per heavy atom. The topological polar surface area (TPSA) is 41.1 Å². The smallest absolute Gasteiger partial charge is 0.243 e. The second kappa shape index (κ2) is 7.05. The summed E-state index contributed by atoms with van der Waals surface area (Å²) in [6.45, 7) is 8.67. The summed E-state index contributed by atoms with van der Waals surface area (Å²) in [7, 11) is 0. The molecule has 0 aromatic heterocycles. The van der Waals surface area contributed by atoms with Crippen LogP contribution in [0.1, 0.15) is 31.9 Å². The Bertz CT molecular complexity index is 688. The fraction of sp³-hybridized carbons (Fsp3) is 0.316. The van der Waals surface area contributed by atoms with Gasteiger partial charge in [-0.3, -0.25) is 4.79 Å². The number of rotatable bonds is 4. The molecule has 0 atom stereocenters. The first-order valence-corrected chi connectivity index (χ1v) is 8.04. The van der Waals surface area contributed by atoms with Gasteiger partial charge in [-0.15, -0.1) is 0 Å². The van der Waals surface area contributed by atoms with Gasteiger partial charge in [0, 0.05) is 16.4 Å². The van der Waals surface area contributed by atoms with Crippen molar-refractivity contribution in [3.63, 3.8) is 0 Å². The number of hydrogen-bond donors (Lipinski definition) is 2. The minimum atomic E-state index is -0.0877. The summed E-state index contributed by atoms with van der Waals surface area (Å²) in [4.78, 5) is 12.0. The highest BCUT2D eigenvalue weighted by Crippen LogP contribution is 2.23. The fourth-order valence-corrected chi connectivity index (χ4v) is 2.46. The third kappa shape index (κ3) is 5.00. The van der Waals surface area contributed by atoms with Crippen molar-refractivity contribution in [3.05, 3.63) is 58.6 Å². The molecule has 0 unspecified atom stereocenters. The zero-order chi connectivity index (χ0) is 17.0. The van der Waals surface area contributed by atoms with E-state index in [1.807, 2.05) is 31.2 Å². The molecule has 0 saturated carbocycles. The lowest BCUT2D eigenvalue weighted by Crippen LogP contribution is -2.22. The Kier molecular flexibility index (Phi) is 5.32. The molecule has 3 nitrogen and oxygen atoms in total. The highest BCUT2D eigenvalue weighted by Gasteiger charge is 2.13. The second-order valence-corrected chi connectivity index (χ2v) is 7.12. The summed E-state index contributed by atoms with van der Waals surface area (Å²) in [6, 6.07) is 13.6. The van der Waals surface area contributed by atoms with Crippen LogP contribution < -0.4 is 10.6 Å². The van der Waals surface area contributed by atoms with E-state index in [9.17, 15) is 4.79 Å². The van der Waals surface area contributed by atoms with Gasteiger partial charge in [-0.1, -0.05) is 44.5 Å². The molecule has 0 spiro atoms. The van der Waals surface area contributed by atoms with Gasteiger partial charge >= 0.3 is 0 Å². The molecule has 2 aromatic rings. The molecule has 0 fully saturated rings. The van der Waals surface area contributed by atoms with Crippen molar-refractivity contribution in [1.29, 1.82) is 0 Å². The van der Waals surface area contributed by atoms with Gasteiger partial charge in [0.25, 0.3) is 0 Å². The van der Waals surface area contributed by atoms with E-state index in [0.717, 1.165) is 16.9 Å². The summed E-state index contributed by atoms with van der Waals surface area (Å²) in [6.07, 6.45) is 0. The molecule has 2 aromatic carbocycles. The number of halogens is 1. The Balaban J connectivity index is 1.91. The van der Waals surface area contributed by atoms with Gasteiger partial charge in [0.2, 0.25) is 5.91 Å². The number of benzene rings is 2. The van der Waals surface area contributed by atoms with Crippen LogP contribution in [-0.4, -0.2) is 12.5 Å². The van der Waals surface area contributed by atoms with Crippen molar-refractivity contribution >= 4 is 28.9 Å². The minimum absolute atomic E-state index is 0.0877. The Morgan fingerprint density at radius 1 is 1.09 bits per heavy atom. The Labute approximate surface area is 143 Å². The number of anilines is 2. The zero-order valence-electron chi connectivity index (χ0n) is 14.0. The van der Waals surface area contributed by atoms with E-state index in [2.05, 4.69) is 43.5 Å². The van der Waals surface area contributed by atoms with E-state index in [-0.39, 0.29) is 17.9 Å². The van der Waals surface area contributed by atoms with E-state index in [0.29, 0.717) is 5.02 Å². The lowest BCUT2D eigenvalue weighted by molar-refractivity contribution is -0.114. The van der Waals surface area contributed by atoms with Crippen LogP contribution in [0, 0.1) is 6.92 Å². The molecule has 4 heteroatoms. The lowest BCUT2D eigenvalue weighted by Gasteiger charge is -2.19. The van der Waals surface area contributed by atoms with Crippen molar-refractivity contribution < 1.29 is 4.79 Å². The van der Waals surface area contributed by atoms with Gasteiger partial charge in [0.1, 0.15) is 0 Å². The van der Waals surface area contributed by atoms with E-state index < -0.39 is 0 Å². The van der Waals surface area contributed by atoms with Gasteiger partial charge in [0.15, 0.2) is 0 Å². The van der Waals surface area contributed by atoms with E-state index in [4.69, 9.17) is 11.6 Å². The quantitative estimate of drug-likeness (QED) is 0.828. The van der Waals surface area contributed by atoms with E-state index >= 15 is 0 Å². The monoisotopic (exact) mass is 330 g/mol. The Hall–Kier alpha value is -2.00. The standard InChI is InChI=1S/C19H23ClN2O/c1-13-11-15(20)7-10-17(13)22-18(23)12-21-16-8-5-14(6-9-16)19(2,3)4/h5-11,21H,12H2,1-4H3,(H,22,23). The molecule has 0 bridgehead atoms. The van der Waals surface area contributed by atoms with Crippen LogP contribution in [0.25, 0.3) is 0 Å². The first-order chi connectivity index (χ1) is 10.8. The van der Waals surface area contributed by atoms with E-state index in [1.54, 1.807) is 6.07 Å². The maximum Gasteiger partial charge on any atom is 0.243 e. The van der Waals surface area contributed by atoms with Crippen LogP contribution in [0.2, 0.25) is 5.02 Å². The number of aryl methyl sites for hydroxylation is 1. The summed E-state index contributed by atoms with van der Waals surface area (Å²) in [5.74, 6) is -0.0877. The lowest BCUT2D eigenvalue weighted by atomic mass is 9.87. The predicted octanol–water partition coefficient (Wildman–Crippen LogP) is 5.00. The molecule has 2 N–H and O–H groups in total. The largest absolute Gasteiger partial charge is 0.376 e. The molecule has 0 radical (unpaired) electrons. The van der Waals surface area contributed by atoms with Crippen molar-refractivity contribution in [1.82, 2.24) is 0 Å². The van der Waals surface area contributed by atoms with Gasteiger partial charge in [-0.25, -0.2) is 0 Å². The molecule has 0 aliphatic carbocycles. The molecule has 0 heterocycles. The molecule has 0 aliphatic heterocycles. The molecule has 1 amide bonds. The van der Waals surface area contributed by atoms with Crippen LogP contribution in [0.3, 0.4) is 0 Å². The van der Waals surface area contributed by atoms with Gasteiger partial charge in [-0.2, -0.15) is 0 Å². The Morgan fingerprint density at radius 2 is 1.74 bits per heavy atom. The summed E-state index contributed by atoms with van der Waals surface area (Å²) >= 11 is 5.91. The average Bonchev–Trinajstić information content (AvgIpc) is 2.47. The number of amides is 1. The van der Waals surface area contributed by atoms with Crippen LogP contribution in [-0.2, 0) is 10.2 Å². The highest BCUT2D eigenvalue weighted by molar-refractivity contribution is 6.30. The molecule has 0 aliphatic rings. The van der Waals surface area contributed by atoms with Crippen molar-refractivity contribution in [3.8, 4) is 0 Å². The number of hydrogen-bond acceptors (Lipinski definition) is 2. The van der Waals surface area contributed by atoms with Gasteiger partial charge < -0.3 is 10.6 Å². The highest BCUT2D eigenvalue weighted by atomic mass is 35.5. The molecule has 2 rings (SSSR count). The SMILES string of the molecule is Cc1cc(Cl)ccc1NC(=O)CNc1ccc(C(C)(C)C)cc1. The number of carbonyl (C=O) groups is 1. The van der Waals surface area contributed by atoms with Crippen LogP contribution in [0.4, 0.5) is 11.4 Å². The summed E-state index contributed by atoms with van der Waals surface area (Å²) in [5.41, 5.74) is 4.05. The first kappa shape index (κ1) is 17.4. The second-order valence-electron chi connectivity index (χ2n) is 6.69. The van der Waals surface area contributed by atoms with Crippen molar-refractivity contribution in [2.75, 3.05) is 17.2 Å². The van der Waals surface area contributed by atoms with Crippen LogP contribution in [0.5, 0.6) is 0 Å². The molecule has 23 heavy (non-hydrogen) atoms. The average molecular weight is 331 g/mol. The van der Waals surface area contributed by atoms with Crippen LogP contribution >= 0.6 is 11.6 Å². The molecular formula is C19H23ClN2O. The maximum atomic E-state index is 12.0. The molecular weight excluding hydrogens is 308 g/mol. The minimum Gasteiger partial charge on any atom is -0.376 e. The molecule has 0 saturated heterocycles. The van der Waals surface area contributed by atoms with Crippen molar-refractivity contribution in [2.45, 2.75) is 33.1 Å². The summed E-state index contributed by atoms with van der Waals surface area (Å²) < 4.78 is 0. The van der Waals surface area contributed by atoms with Gasteiger partial charge in [-0.05, 0) is 53.8 Å². The van der Waals surface area contributed by atoms with Crippen LogP contribution in [0.15, 0.2) is 42.5 Å².